The van der Waals surface area contributed by atoms with Gasteiger partial charge in [0.25, 0.3) is 0 Å². The molecule has 0 saturated heterocycles. The zero-order chi connectivity index (χ0) is 10.6. The summed E-state index contributed by atoms with van der Waals surface area (Å²) >= 11 is 3.45. The molecule has 0 fully saturated rings. The summed E-state index contributed by atoms with van der Waals surface area (Å²) in [6.07, 6.45) is 0. The van der Waals surface area contributed by atoms with E-state index in [1.54, 1.807) is 7.11 Å². The van der Waals surface area contributed by atoms with Crippen molar-refractivity contribution in [2.24, 2.45) is 0 Å². The zero-order valence-corrected chi connectivity index (χ0v) is 11.6. The summed E-state index contributed by atoms with van der Waals surface area (Å²) in [5.41, 5.74) is 1.18. The van der Waals surface area contributed by atoms with Crippen molar-refractivity contribution in [3.8, 4) is 5.75 Å². The van der Waals surface area contributed by atoms with Gasteiger partial charge >= 0.3 is 0 Å². The number of nitrogens with one attached hydrogen (secondary N) is 1. The molecule has 4 heteroatoms. The Morgan fingerprint density at radius 3 is 2.60 bits per heavy atom. The van der Waals surface area contributed by atoms with Crippen LogP contribution in [-0.4, -0.2) is 13.2 Å². The van der Waals surface area contributed by atoms with Gasteiger partial charge in [0.2, 0.25) is 0 Å². The molecule has 86 valence electrons. The van der Waals surface area contributed by atoms with Crippen molar-refractivity contribution in [1.82, 2.24) is 5.32 Å². The lowest BCUT2D eigenvalue weighted by Gasteiger charge is -2.12. The van der Waals surface area contributed by atoms with Crippen LogP contribution >= 0.6 is 28.3 Å². The summed E-state index contributed by atoms with van der Waals surface area (Å²) in [5.74, 6) is 0.932. The van der Waals surface area contributed by atoms with Gasteiger partial charge in [-0.3, -0.25) is 0 Å². The molecule has 0 unspecified atom stereocenters. The highest BCUT2D eigenvalue weighted by molar-refractivity contribution is 9.10. The van der Waals surface area contributed by atoms with E-state index in [1.165, 1.54) is 5.56 Å². The van der Waals surface area contributed by atoms with Crippen molar-refractivity contribution in [3.63, 3.8) is 0 Å². The Morgan fingerprint density at radius 1 is 1.40 bits per heavy atom. The molecule has 0 aliphatic heterocycles. The van der Waals surface area contributed by atoms with Gasteiger partial charge in [-0.1, -0.05) is 29.8 Å². The predicted octanol–water partition coefficient (Wildman–Crippen LogP) is 3.38. The van der Waals surface area contributed by atoms with Crippen LogP contribution in [-0.2, 0) is 6.54 Å². The molecule has 1 aromatic rings. The van der Waals surface area contributed by atoms with E-state index in [4.69, 9.17) is 4.74 Å². The maximum absolute atomic E-state index is 5.27. The lowest BCUT2D eigenvalue weighted by molar-refractivity contribution is 0.406. The van der Waals surface area contributed by atoms with E-state index in [9.17, 15) is 0 Å². The number of rotatable bonds is 4. The van der Waals surface area contributed by atoms with E-state index >= 15 is 0 Å². The lowest BCUT2D eigenvalue weighted by Crippen LogP contribution is -2.22. The van der Waals surface area contributed by atoms with Crippen molar-refractivity contribution in [1.29, 1.82) is 0 Å². The van der Waals surface area contributed by atoms with E-state index < -0.39 is 0 Å². The first-order valence-corrected chi connectivity index (χ1v) is 5.48. The first kappa shape index (κ1) is 14.8. The van der Waals surface area contributed by atoms with Crippen LogP contribution in [0.5, 0.6) is 5.75 Å². The van der Waals surface area contributed by atoms with Crippen molar-refractivity contribution in [3.05, 3.63) is 28.2 Å². The first-order chi connectivity index (χ1) is 6.63. The summed E-state index contributed by atoms with van der Waals surface area (Å²) in [7, 11) is 1.70. The SMILES string of the molecule is COc1ccc(Br)cc1CNC(C)C.Cl. The molecule has 0 aliphatic rings. The molecule has 1 aromatic carbocycles. The highest BCUT2D eigenvalue weighted by Crippen LogP contribution is 2.22. The second-order valence-corrected chi connectivity index (χ2v) is 4.41. The molecule has 0 saturated carbocycles. The topological polar surface area (TPSA) is 21.3 Å². The number of ether oxygens (including phenoxy) is 1. The van der Waals surface area contributed by atoms with Crippen molar-refractivity contribution in [2.45, 2.75) is 26.4 Å². The highest BCUT2D eigenvalue weighted by atomic mass is 79.9. The fraction of sp³-hybridized carbons (Fsp3) is 0.455. The van der Waals surface area contributed by atoms with Crippen molar-refractivity contribution in [2.75, 3.05) is 7.11 Å². The molecule has 1 rings (SSSR count). The molecule has 2 nitrogen and oxygen atoms in total. The third-order valence-electron chi connectivity index (χ3n) is 1.94. The van der Waals surface area contributed by atoms with Gasteiger partial charge in [0.05, 0.1) is 7.11 Å². The van der Waals surface area contributed by atoms with E-state index in [1.807, 2.05) is 12.1 Å². The molecule has 0 spiro atoms. The summed E-state index contributed by atoms with van der Waals surface area (Å²) in [6, 6.07) is 6.52. The Hall–Kier alpha value is -0.250. The van der Waals surface area contributed by atoms with Crippen LogP contribution < -0.4 is 10.1 Å². The smallest absolute Gasteiger partial charge is 0.123 e. The molecule has 0 aliphatic carbocycles. The van der Waals surface area contributed by atoms with Gasteiger partial charge in [-0.2, -0.15) is 0 Å². The Kier molecular flexibility index (Phi) is 6.98. The Balaban J connectivity index is 0.00000196. The summed E-state index contributed by atoms with van der Waals surface area (Å²) < 4.78 is 6.35. The van der Waals surface area contributed by atoms with E-state index in [-0.39, 0.29) is 12.4 Å². The molecule has 1 N–H and O–H groups in total. The number of hydrogen-bond donors (Lipinski definition) is 1. The summed E-state index contributed by atoms with van der Waals surface area (Å²) in [6.45, 7) is 5.09. The minimum absolute atomic E-state index is 0. The van der Waals surface area contributed by atoms with Crippen LogP contribution in [0.2, 0.25) is 0 Å². The van der Waals surface area contributed by atoms with Crippen LogP contribution in [0.1, 0.15) is 19.4 Å². The Labute approximate surface area is 106 Å². The van der Waals surface area contributed by atoms with Crippen molar-refractivity contribution < 1.29 is 4.74 Å². The van der Waals surface area contributed by atoms with E-state index in [0.717, 1.165) is 16.8 Å². The molecule has 0 amide bonds. The second kappa shape index (κ2) is 7.09. The zero-order valence-electron chi connectivity index (χ0n) is 9.21. The molecular weight excluding hydrogens is 277 g/mol. The van der Waals surface area contributed by atoms with Gasteiger partial charge in [-0.25, -0.2) is 0 Å². The average Bonchev–Trinajstić information content (AvgIpc) is 2.15. The summed E-state index contributed by atoms with van der Waals surface area (Å²) in [5, 5.41) is 3.36. The number of benzene rings is 1. The predicted molar refractivity (Wildman–Crippen MR) is 69.9 cm³/mol. The fourth-order valence-electron chi connectivity index (χ4n) is 1.20. The standard InChI is InChI=1S/C11H16BrNO.ClH/c1-8(2)13-7-9-6-10(12)4-5-11(9)14-3;/h4-6,8,13H,7H2,1-3H3;1H. The summed E-state index contributed by atoms with van der Waals surface area (Å²) in [4.78, 5) is 0. The largest absolute Gasteiger partial charge is 0.496 e. The van der Waals surface area contributed by atoms with Gasteiger partial charge in [-0.15, -0.1) is 12.4 Å². The molecule has 0 bridgehead atoms. The molecular formula is C11H17BrClNO. The highest BCUT2D eigenvalue weighted by Gasteiger charge is 2.03. The molecule has 0 atom stereocenters. The first-order valence-electron chi connectivity index (χ1n) is 4.69. The molecule has 0 radical (unpaired) electrons. The lowest BCUT2D eigenvalue weighted by atomic mass is 10.2. The number of hydrogen-bond acceptors (Lipinski definition) is 2. The Morgan fingerprint density at radius 2 is 2.07 bits per heavy atom. The van der Waals surface area contributed by atoms with Crippen LogP contribution in [0.15, 0.2) is 22.7 Å². The van der Waals surface area contributed by atoms with Gasteiger partial charge in [-0.05, 0) is 18.2 Å². The van der Waals surface area contributed by atoms with Gasteiger partial charge in [0.15, 0.2) is 0 Å². The van der Waals surface area contributed by atoms with Gasteiger partial charge in [0, 0.05) is 22.6 Å². The molecule has 15 heavy (non-hydrogen) atoms. The third-order valence-corrected chi connectivity index (χ3v) is 2.44. The number of halogens is 2. The monoisotopic (exact) mass is 293 g/mol. The molecule has 0 aromatic heterocycles. The quantitative estimate of drug-likeness (QED) is 0.919. The van der Waals surface area contributed by atoms with Crippen LogP contribution in [0.4, 0.5) is 0 Å². The maximum atomic E-state index is 5.27. The average molecular weight is 295 g/mol. The fourth-order valence-corrected chi connectivity index (χ4v) is 1.61. The normalized spacial score (nSPS) is 9.93. The Bertz CT molecular complexity index is 305. The minimum atomic E-state index is 0. The van der Waals surface area contributed by atoms with Crippen LogP contribution in [0.3, 0.4) is 0 Å². The van der Waals surface area contributed by atoms with Crippen molar-refractivity contribution >= 4 is 28.3 Å². The van der Waals surface area contributed by atoms with Crippen LogP contribution in [0.25, 0.3) is 0 Å². The maximum Gasteiger partial charge on any atom is 0.123 e. The van der Waals surface area contributed by atoms with Gasteiger partial charge < -0.3 is 10.1 Å². The van der Waals surface area contributed by atoms with E-state index in [0.29, 0.717) is 6.04 Å². The van der Waals surface area contributed by atoms with E-state index in [2.05, 4.69) is 41.2 Å². The second-order valence-electron chi connectivity index (χ2n) is 3.49. The third kappa shape index (κ3) is 4.87. The van der Waals surface area contributed by atoms with Gasteiger partial charge in [0.1, 0.15) is 5.75 Å². The van der Waals surface area contributed by atoms with Crippen LogP contribution in [0, 0.1) is 0 Å². The number of methoxy groups -OCH3 is 1. The minimum Gasteiger partial charge on any atom is -0.496 e. The molecule has 0 heterocycles.